The highest BCUT2D eigenvalue weighted by molar-refractivity contribution is 7.18. The van der Waals surface area contributed by atoms with Crippen molar-refractivity contribution in [2.24, 2.45) is 5.92 Å². The van der Waals surface area contributed by atoms with Crippen LogP contribution in [0, 0.1) is 5.92 Å². The number of H-pyrrole nitrogens is 1. The van der Waals surface area contributed by atoms with E-state index in [-0.39, 0.29) is 5.56 Å². The van der Waals surface area contributed by atoms with Crippen LogP contribution in [0.4, 0.5) is 0 Å². The van der Waals surface area contributed by atoms with E-state index in [0.717, 1.165) is 42.4 Å². The van der Waals surface area contributed by atoms with Crippen molar-refractivity contribution < 1.29 is 5.11 Å². The molecule has 0 fully saturated rings. The van der Waals surface area contributed by atoms with Gasteiger partial charge in [0, 0.05) is 18.0 Å². The Kier molecular flexibility index (Phi) is 6.27. The van der Waals surface area contributed by atoms with Crippen LogP contribution in [0.15, 0.2) is 17.4 Å². The molecule has 26 heavy (non-hydrogen) atoms. The molecule has 2 aromatic heterocycles. The standard InChI is InChI=1S/C20H29N3O2S/c1-4-5-7-14(24)11-23(10-13(2)3)12-17-21-19(25)18-15-8-6-9-16(15)26-20(18)22-17/h4,13-14,24H,1,5-12H2,2-3H3,(H,21,22,25). The summed E-state index contributed by atoms with van der Waals surface area (Å²) in [5, 5.41) is 11.1. The molecule has 0 saturated carbocycles. The lowest BCUT2D eigenvalue weighted by Gasteiger charge is -2.26. The fourth-order valence-corrected chi connectivity index (χ4v) is 5.03. The zero-order chi connectivity index (χ0) is 18.7. The zero-order valence-electron chi connectivity index (χ0n) is 15.8. The van der Waals surface area contributed by atoms with Gasteiger partial charge in [-0.05, 0) is 43.6 Å². The Bertz CT molecular complexity index is 824. The Hall–Kier alpha value is -1.50. The van der Waals surface area contributed by atoms with E-state index >= 15 is 0 Å². The van der Waals surface area contributed by atoms with Gasteiger partial charge in [-0.3, -0.25) is 9.69 Å². The summed E-state index contributed by atoms with van der Waals surface area (Å²) in [5.74, 6) is 1.17. The van der Waals surface area contributed by atoms with E-state index in [4.69, 9.17) is 4.98 Å². The van der Waals surface area contributed by atoms with Gasteiger partial charge in [0.2, 0.25) is 0 Å². The second kappa shape index (κ2) is 8.46. The van der Waals surface area contributed by atoms with Gasteiger partial charge in [0.05, 0.1) is 18.0 Å². The zero-order valence-corrected chi connectivity index (χ0v) is 16.6. The molecule has 5 nitrogen and oxygen atoms in total. The van der Waals surface area contributed by atoms with E-state index in [2.05, 4.69) is 30.3 Å². The second-order valence-electron chi connectivity index (χ2n) is 7.66. The average molecular weight is 376 g/mol. The number of aryl methyl sites for hydroxylation is 2. The predicted molar refractivity (Wildman–Crippen MR) is 108 cm³/mol. The molecule has 6 heteroatoms. The summed E-state index contributed by atoms with van der Waals surface area (Å²) in [4.78, 5) is 24.7. The van der Waals surface area contributed by atoms with Gasteiger partial charge in [-0.2, -0.15) is 0 Å². The number of nitrogens with zero attached hydrogens (tertiary/aromatic N) is 2. The molecule has 0 saturated heterocycles. The highest BCUT2D eigenvalue weighted by Gasteiger charge is 2.22. The highest BCUT2D eigenvalue weighted by atomic mass is 32.1. The summed E-state index contributed by atoms with van der Waals surface area (Å²) in [5.41, 5.74) is 1.20. The maximum atomic E-state index is 12.6. The van der Waals surface area contributed by atoms with Crippen molar-refractivity contribution in [3.8, 4) is 0 Å². The number of aromatic amines is 1. The van der Waals surface area contributed by atoms with Gasteiger partial charge in [-0.25, -0.2) is 4.98 Å². The van der Waals surface area contributed by atoms with Crippen LogP contribution in [-0.4, -0.2) is 39.2 Å². The molecule has 3 rings (SSSR count). The summed E-state index contributed by atoms with van der Waals surface area (Å²) >= 11 is 1.67. The summed E-state index contributed by atoms with van der Waals surface area (Å²) < 4.78 is 0. The third kappa shape index (κ3) is 4.42. The number of aromatic nitrogens is 2. The molecule has 0 radical (unpaired) electrons. The fourth-order valence-electron chi connectivity index (χ4n) is 3.75. The number of allylic oxidation sites excluding steroid dienone is 1. The summed E-state index contributed by atoms with van der Waals surface area (Å²) in [6.07, 6.45) is 6.15. The van der Waals surface area contributed by atoms with Crippen LogP contribution in [0.3, 0.4) is 0 Å². The number of nitrogens with one attached hydrogen (secondary N) is 1. The molecule has 1 aliphatic rings. The number of thiophene rings is 1. The van der Waals surface area contributed by atoms with Crippen LogP contribution < -0.4 is 5.56 Å². The summed E-state index contributed by atoms with van der Waals surface area (Å²) in [6.45, 7) is 10.0. The Labute approximate surface area is 158 Å². The molecule has 2 heterocycles. The maximum absolute atomic E-state index is 12.6. The van der Waals surface area contributed by atoms with Crippen molar-refractivity contribution in [1.29, 1.82) is 0 Å². The number of fused-ring (bicyclic) bond motifs is 3. The monoisotopic (exact) mass is 375 g/mol. The van der Waals surface area contributed by atoms with Gasteiger partial charge in [-0.15, -0.1) is 17.9 Å². The van der Waals surface area contributed by atoms with E-state index in [0.29, 0.717) is 31.3 Å². The minimum atomic E-state index is -0.396. The molecule has 0 aromatic carbocycles. The third-order valence-electron chi connectivity index (χ3n) is 4.79. The Morgan fingerprint density at radius 3 is 2.92 bits per heavy atom. The van der Waals surface area contributed by atoms with E-state index in [1.54, 1.807) is 11.3 Å². The molecule has 0 spiro atoms. The Morgan fingerprint density at radius 1 is 1.38 bits per heavy atom. The summed E-state index contributed by atoms with van der Waals surface area (Å²) in [6, 6.07) is 0. The number of rotatable bonds is 9. The fraction of sp³-hybridized carbons (Fsp3) is 0.600. The molecular formula is C20H29N3O2S. The molecule has 0 aliphatic heterocycles. The first-order chi connectivity index (χ1) is 12.5. The SMILES string of the molecule is C=CCCC(O)CN(Cc1nc2sc3c(c2c(=O)[nH]1)CCC3)CC(C)C. The first kappa shape index (κ1) is 19.3. The van der Waals surface area contributed by atoms with Crippen LogP contribution >= 0.6 is 11.3 Å². The molecule has 1 atom stereocenters. The van der Waals surface area contributed by atoms with Crippen LogP contribution in [-0.2, 0) is 19.4 Å². The van der Waals surface area contributed by atoms with Gasteiger partial charge < -0.3 is 10.1 Å². The van der Waals surface area contributed by atoms with E-state index < -0.39 is 6.10 Å². The summed E-state index contributed by atoms with van der Waals surface area (Å²) in [7, 11) is 0. The quantitative estimate of drug-likeness (QED) is 0.660. The largest absolute Gasteiger partial charge is 0.392 e. The molecule has 2 N–H and O–H groups in total. The predicted octanol–water partition coefficient (Wildman–Crippen LogP) is 3.26. The lowest BCUT2D eigenvalue weighted by atomic mass is 10.1. The average Bonchev–Trinajstić information content (AvgIpc) is 3.12. The minimum Gasteiger partial charge on any atom is -0.392 e. The lowest BCUT2D eigenvalue weighted by Crippen LogP contribution is -2.35. The van der Waals surface area contributed by atoms with Gasteiger partial charge in [-0.1, -0.05) is 19.9 Å². The smallest absolute Gasteiger partial charge is 0.259 e. The number of hydrogen-bond donors (Lipinski definition) is 2. The molecule has 142 valence electrons. The van der Waals surface area contributed by atoms with Gasteiger partial charge >= 0.3 is 0 Å². The second-order valence-corrected chi connectivity index (χ2v) is 8.74. The first-order valence-electron chi connectivity index (χ1n) is 9.52. The number of aliphatic hydroxyl groups excluding tert-OH is 1. The highest BCUT2D eigenvalue weighted by Crippen LogP contribution is 2.34. The van der Waals surface area contributed by atoms with Crippen molar-refractivity contribution in [1.82, 2.24) is 14.9 Å². The van der Waals surface area contributed by atoms with Crippen molar-refractivity contribution >= 4 is 21.6 Å². The topological polar surface area (TPSA) is 69.2 Å². The van der Waals surface area contributed by atoms with E-state index in [1.165, 1.54) is 10.4 Å². The van der Waals surface area contributed by atoms with Crippen molar-refractivity contribution in [3.63, 3.8) is 0 Å². The number of aliphatic hydroxyl groups is 1. The molecule has 1 aliphatic carbocycles. The van der Waals surface area contributed by atoms with Crippen LogP contribution in [0.5, 0.6) is 0 Å². The Balaban J connectivity index is 1.79. The van der Waals surface area contributed by atoms with Crippen LogP contribution in [0.2, 0.25) is 0 Å². The van der Waals surface area contributed by atoms with Crippen LogP contribution in [0.1, 0.15) is 49.4 Å². The van der Waals surface area contributed by atoms with E-state index in [9.17, 15) is 9.90 Å². The van der Waals surface area contributed by atoms with Crippen molar-refractivity contribution in [2.45, 2.75) is 58.6 Å². The van der Waals surface area contributed by atoms with Crippen molar-refractivity contribution in [3.05, 3.63) is 39.3 Å². The molecule has 0 bridgehead atoms. The molecular weight excluding hydrogens is 346 g/mol. The molecule has 0 amide bonds. The number of hydrogen-bond acceptors (Lipinski definition) is 5. The minimum absolute atomic E-state index is 0.0129. The third-order valence-corrected chi connectivity index (χ3v) is 5.98. The van der Waals surface area contributed by atoms with Crippen LogP contribution in [0.25, 0.3) is 10.2 Å². The van der Waals surface area contributed by atoms with Gasteiger partial charge in [0.15, 0.2) is 0 Å². The maximum Gasteiger partial charge on any atom is 0.259 e. The molecule has 1 unspecified atom stereocenters. The molecule has 2 aromatic rings. The lowest BCUT2D eigenvalue weighted by molar-refractivity contribution is 0.0943. The van der Waals surface area contributed by atoms with Gasteiger partial charge in [0.1, 0.15) is 10.7 Å². The normalized spacial score (nSPS) is 15.1. The first-order valence-corrected chi connectivity index (χ1v) is 10.3. The van der Waals surface area contributed by atoms with Gasteiger partial charge in [0.25, 0.3) is 5.56 Å². The van der Waals surface area contributed by atoms with Crippen molar-refractivity contribution in [2.75, 3.05) is 13.1 Å². The Morgan fingerprint density at radius 2 is 2.19 bits per heavy atom. The van der Waals surface area contributed by atoms with E-state index in [1.807, 2.05) is 6.08 Å².